The summed E-state index contributed by atoms with van der Waals surface area (Å²) in [6.07, 6.45) is 5.24. The molecule has 0 unspecified atom stereocenters. The number of rotatable bonds is 3. The van der Waals surface area contributed by atoms with E-state index in [1.54, 1.807) is 0 Å². The maximum atomic E-state index is 5.83. The summed E-state index contributed by atoms with van der Waals surface area (Å²) in [7, 11) is 2.22. The number of pyridine rings is 1. The van der Waals surface area contributed by atoms with Gasteiger partial charge in [0.15, 0.2) is 0 Å². The van der Waals surface area contributed by atoms with Crippen molar-refractivity contribution in [2.24, 2.45) is 11.7 Å². The summed E-state index contributed by atoms with van der Waals surface area (Å²) < 4.78 is 0. The van der Waals surface area contributed by atoms with E-state index in [4.69, 9.17) is 5.73 Å². The third kappa shape index (κ3) is 2.88. The number of hydrogen-bond acceptors (Lipinski definition) is 3. The first-order valence-corrected chi connectivity index (χ1v) is 8.00. The van der Waals surface area contributed by atoms with Gasteiger partial charge >= 0.3 is 0 Å². The highest BCUT2D eigenvalue weighted by molar-refractivity contribution is 5.92. The Hall–Kier alpha value is -1.61. The van der Waals surface area contributed by atoms with E-state index in [9.17, 15) is 0 Å². The van der Waals surface area contributed by atoms with Crippen molar-refractivity contribution >= 4 is 16.6 Å². The monoisotopic (exact) mass is 283 g/mol. The van der Waals surface area contributed by atoms with Crippen LogP contribution in [0.1, 0.15) is 38.3 Å². The summed E-state index contributed by atoms with van der Waals surface area (Å²) in [5.41, 5.74) is 9.12. The van der Waals surface area contributed by atoms with Crippen LogP contribution in [0, 0.1) is 5.92 Å². The molecule has 0 radical (unpaired) electrons. The van der Waals surface area contributed by atoms with Gasteiger partial charge in [0.05, 0.1) is 11.2 Å². The molecule has 0 spiro atoms. The Kier molecular flexibility index (Phi) is 4.11. The lowest BCUT2D eigenvalue weighted by Crippen LogP contribution is -2.35. The van der Waals surface area contributed by atoms with E-state index in [0.717, 1.165) is 17.1 Å². The molecule has 1 heterocycles. The predicted molar refractivity (Wildman–Crippen MR) is 89.5 cm³/mol. The molecule has 0 saturated heterocycles. The molecule has 1 aromatic carbocycles. The largest absolute Gasteiger partial charge is 0.371 e. The van der Waals surface area contributed by atoms with Crippen molar-refractivity contribution < 1.29 is 0 Å². The quantitative estimate of drug-likeness (QED) is 0.933. The van der Waals surface area contributed by atoms with Crippen LogP contribution in [-0.4, -0.2) is 18.1 Å². The van der Waals surface area contributed by atoms with Gasteiger partial charge in [-0.05, 0) is 43.7 Å². The number of nitrogens with zero attached hydrogens (tertiary/aromatic N) is 2. The van der Waals surface area contributed by atoms with Crippen molar-refractivity contribution in [3.8, 4) is 0 Å². The number of benzene rings is 1. The van der Waals surface area contributed by atoms with Crippen LogP contribution in [0.3, 0.4) is 0 Å². The lowest BCUT2D eigenvalue weighted by molar-refractivity contribution is 0.341. The van der Waals surface area contributed by atoms with Crippen LogP contribution in [0.4, 0.5) is 5.69 Å². The molecule has 21 heavy (non-hydrogen) atoms. The molecule has 1 aromatic heterocycles. The molecule has 3 nitrogen and oxygen atoms in total. The van der Waals surface area contributed by atoms with Gasteiger partial charge in [0, 0.05) is 30.7 Å². The van der Waals surface area contributed by atoms with Gasteiger partial charge in [-0.15, -0.1) is 0 Å². The maximum absolute atomic E-state index is 5.83. The topological polar surface area (TPSA) is 42.1 Å². The second-order valence-electron chi connectivity index (χ2n) is 6.38. The van der Waals surface area contributed by atoms with Gasteiger partial charge in [-0.1, -0.05) is 25.1 Å². The van der Waals surface area contributed by atoms with Crippen molar-refractivity contribution in [2.75, 3.05) is 11.9 Å². The molecule has 2 aromatic rings. The lowest BCUT2D eigenvalue weighted by atomic mass is 9.86. The third-order valence-corrected chi connectivity index (χ3v) is 4.87. The fourth-order valence-electron chi connectivity index (χ4n) is 3.43. The molecule has 1 aliphatic rings. The Morgan fingerprint density at radius 1 is 1.19 bits per heavy atom. The lowest BCUT2D eigenvalue weighted by Gasteiger charge is -2.35. The van der Waals surface area contributed by atoms with E-state index in [1.807, 2.05) is 6.07 Å². The average molecular weight is 283 g/mol. The van der Waals surface area contributed by atoms with Crippen LogP contribution in [-0.2, 0) is 6.54 Å². The highest BCUT2D eigenvalue weighted by Crippen LogP contribution is 2.33. The molecule has 0 bridgehead atoms. The number of nitrogens with two attached hydrogens (primary N) is 1. The SMILES string of the molecule is CC1CCC(N(C)c2cc(CN)nc3ccccc23)CC1. The van der Waals surface area contributed by atoms with Gasteiger partial charge in [-0.3, -0.25) is 4.98 Å². The number of aromatic nitrogens is 1. The predicted octanol–water partition coefficient (Wildman–Crippen LogP) is 3.71. The smallest absolute Gasteiger partial charge is 0.0726 e. The van der Waals surface area contributed by atoms with E-state index in [1.165, 1.54) is 36.8 Å². The molecule has 0 aliphatic heterocycles. The average Bonchev–Trinajstić information content (AvgIpc) is 2.53. The van der Waals surface area contributed by atoms with Gasteiger partial charge in [-0.25, -0.2) is 0 Å². The zero-order chi connectivity index (χ0) is 14.8. The molecule has 3 rings (SSSR count). The van der Waals surface area contributed by atoms with Crippen molar-refractivity contribution in [3.05, 3.63) is 36.0 Å². The molecule has 0 amide bonds. The van der Waals surface area contributed by atoms with Crippen LogP contribution in [0.15, 0.2) is 30.3 Å². The minimum absolute atomic E-state index is 0.493. The fourth-order valence-corrected chi connectivity index (χ4v) is 3.43. The number of anilines is 1. The first-order valence-electron chi connectivity index (χ1n) is 8.00. The summed E-state index contributed by atoms with van der Waals surface area (Å²) in [4.78, 5) is 7.10. The summed E-state index contributed by atoms with van der Waals surface area (Å²) in [6.45, 7) is 2.86. The highest BCUT2D eigenvalue weighted by atomic mass is 15.1. The summed E-state index contributed by atoms with van der Waals surface area (Å²) in [5, 5.41) is 1.23. The standard InChI is InChI=1S/C18H25N3/c1-13-7-9-15(10-8-13)21(2)18-11-14(12-19)20-17-6-4-3-5-16(17)18/h3-6,11,13,15H,7-10,12,19H2,1-2H3. The van der Waals surface area contributed by atoms with Crippen LogP contribution in [0.25, 0.3) is 10.9 Å². The van der Waals surface area contributed by atoms with Gasteiger partial charge < -0.3 is 10.6 Å². The molecule has 2 N–H and O–H groups in total. The zero-order valence-corrected chi connectivity index (χ0v) is 13.0. The van der Waals surface area contributed by atoms with E-state index >= 15 is 0 Å². The molecular formula is C18H25N3. The van der Waals surface area contributed by atoms with Gasteiger partial charge in [-0.2, -0.15) is 0 Å². The number of fused-ring (bicyclic) bond motifs is 1. The normalized spacial score (nSPS) is 22.4. The molecule has 1 fully saturated rings. The Morgan fingerprint density at radius 2 is 1.90 bits per heavy atom. The van der Waals surface area contributed by atoms with E-state index in [-0.39, 0.29) is 0 Å². The fraction of sp³-hybridized carbons (Fsp3) is 0.500. The summed E-state index contributed by atoms with van der Waals surface area (Å²) >= 11 is 0. The van der Waals surface area contributed by atoms with Gasteiger partial charge in [0.25, 0.3) is 0 Å². The van der Waals surface area contributed by atoms with Crippen LogP contribution in [0.2, 0.25) is 0 Å². The molecular weight excluding hydrogens is 258 g/mol. The highest BCUT2D eigenvalue weighted by Gasteiger charge is 2.23. The van der Waals surface area contributed by atoms with Gasteiger partial charge in [0.2, 0.25) is 0 Å². The van der Waals surface area contributed by atoms with Crippen molar-refractivity contribution in [2.45, 2.75) is 45.2 Å². The van der Waals surface area contributed by atoms with Crippen molar-refractivity contribution in [1.29, 1.82) is 0 Å². The van der Waals surface area contributed by atoms with E-state index < -0.39 is 0 Å². The Morgan fingerprint density at radius 3 is 2.62 bits per heavy atom. The van der Waals surface area contributed by atoms with Crippen LogP contribution >= 0.6 is 0 Å². The number of para-hydroxylation sites is 1. The minimum atomic E-state index is 0.493. The van der Waals surface area contributed by atoms with Crippen molar-refractivity contribution in [3.63, 3.8) is 0 Å². The second kappa shape index (κ2) is 6.02. The Bertz CT molecular complexity index is 615. The zero-order valence-electron chi connectivity index (χ0n) is 13.0. The molecule has 1 aliphatic carbocycles. The first kappa shape index (κ1) is 14.3. The third-order valence-electron chi connectivity index (χ3n) is 4.87. The number of hydrogen-bond donors (Lipinski definition) is 1. The van der Waals surface area contributed by atoms with E-state index in [2.05, 4.69) is 48.1 Å². The Balaban J connectivity index is 1.98. The van der Waals surface area contributed by atoms with Crippen molar-refractivity contribution in [1.82, 2.24) is 4.98 Å². The molecule has 0 atom stereocenters. The summed E-state index contributed by atoms with van der Waals surface area (Å²) in [5.74, 6) is 0.878. The first-order chi connectivity index (χ1) is 10.2. The molecule has 1 saturated carbocycles. The van der Waals surface area contributed by atoms with Crippen LogP contribution < -0.4 is 10.6 Å². The minimum Gasteiger partial charge on any atom is -0.371 e. The molecule has 3 heteroatoms. The summed E-state index contributed by atoms with van der Waals surface area (Å²) in [6, 6.07) is 11.2. The maximum Gasteiger partial charge on any atom is 0.0726 e. The second-order valence-corrected chi connectivity index (χ2v) is 6.38. The van der Waals surface area contributed by atoms with E-state index in [0.29, 0.717) is 12.6 Å². The van der Waals surface area contributed by atoms with Gasteiger partial charge in [0.1, 0.15) is 0 Å². The Labute approximate surface area is 127 Å². The molecule has 112 valence electrons. The van der Waals surface area contributed by atoms with Crippen LogP contribution in [0.5, 0.6) is 0 Å².